The van der Waals surface area contributed by atoms with Crippen LogP contribution in [0.1, 0.15) is 5.69 Å². The maximum absolute atomic E-state index is 11.7. The summed E-state index contributed by atoms with van der Waals surface area (Å²) in [6, 6.07) is 3.64. The summed E-state index contributed by atoms with van der Waals surface area (Å²) in [5.74, 6) is 0. The molecule has 0 radical (unpaired) electrons. The number of aryl methyl sites for hydroxylation is 2. The molecule has 98 valence electrons. The Bertz CT molecular complexity index is 912. The minimum Gasteiger partial charge on any atom is -0.318 e. The zero-order chi connectivity index (χ0) is 13.8. The van der Waals surface area contributed by atoms with E-state index in [2.05, 4.69) is 15.0 Å². The first kappa shape index (κ1) is 12.0. The largest absolute Gasteiger partial charge is 0.318 e. The summed E-state index contributed by atoms with van der Waals surface area (Å²) in [5.41, 5.74) is 3.43. The molecule has 7 heteroatoms. The molecule has 0 bridgehead atoms. The van der Waals surface area contributed by atoms with E-state index in [0.717, 1.165) is 17.5 Å². The summed E-state index contributed by atoms with van der Waals surface area (Å²) in [4.78, 5) is 12.9. The van der Waals surface area contributed by atoms with Gasteiger partial charge in [0, 0.05) is 19.5 Å². The maximum Gasteiger partial charge on any atom is 0.228 e. The van der Waals surface area contributed by atoms with Crippen molar-refractivity contribution >= 4 is 31.9 Å². The molecule has 0 saturated carbocycles. The number of nitrogens with zero attached hydrogens (tertiary/aromatic N) is 4. The van der Waals surface area contributed by atoms with Crippen molar-refractivity contribution in [2.45, 2.75) is 12.1 Å². The molecule has 0 aliphatic heterocycles. The Morgan fingerprint density at radius 3 is 2.58 bits per heavy atom. The molecule has 0 fully saturated rings. The molecule has 0 aliphatic rings. The predicted octanol–water partition coefficient (Wildman–Crippen LogP) is 1.23. The zero-order valence-electron chi connectivity index (χ0n) is 10.7. The van der Waals surface area contributed by atoms with Gasteiger partial charge >= 0.3 is 0 Å². The highest BCUT2D eigenvalue weighted by Crippen LogP contribution is 2.24. The van der Waals surface area contributed by atoms with Crippen LogP contribution in [0.2, 0.25) is 0 Å². The van der Waals surface area contributed by atoms with Crippen LogP contribution in [0.4, 0.5) is 0 Å². The lowest BCUT2D eigenvalue weighted by atomic mass is 10.2. The molecule has 0 atom stereocenters. The highest BCUT2D eigenvalue weighted by atomic mass is 32.2. The van der Waals surface area contributed by atoms with Gasteiger partial charge in [-0.1, -0.05) is 0 Å². The van der Waals surface area contributed by atoms with Crippen molar-refractivity contribution in [3.8, 4) is 0 Å². The van der Waals surface area contributed by atoms with E-state index in [1.807, 2.05) is 19.1 Å². The molecule has 0 spiro atoms. The number of aromatic nitrogens is 4. The fourth-order valence-corrected chi connectivity index (χ4v) is 2.99. The van der Waals surface area contributed by atoms with Gasteiger partial charge in [-0.05, 0) is 19.1 Å². The van der Waals surface area contributed by atoms with Crippen molar-refractivity contribution in [1.82, 2.24) is 19.5 Å². The monoisotopic (exact) mass is 276 g/mol. The van der Waals surface area contributed by atoms with Crippen LogP contribution in [0.15, 0.2) is 23.5 Å². The van der Waals surface area contributed by atoms with E-state index in [4.69, 9.17) is 0 Å². The minimum atomic E-state index is -3.37. The predicted molar refractivity (Wildman–Crippen MR) is 71.7 cm³/mol. The first-order chi connectivity index (χ1) is 8.88. The van der Waals surface area contributed by atoms with Crippen molar-refractivity contribution in [1.29, 1.82) is 0 Å². The number of imidazole rings is 1. The normalized spacial score (nSPS) is 12.4. The first-order valence-corrected chi connectivity index (χ1v) is 7.56. The molecule has 0 amide bonds. The highest BCUT2D eigenvalue weighted by Gasteiger charge is 2.19. The van der Waals surface area contributed by atoms with Gasteiger partial charge in [0.1, 0.15) is 11.0 Å². The van der Waals surface area contributed by atoms with Crippen molar-refractivity contribution < 1.29 is 8.42 Å². The smallest absolute Gasteiger partial charge is 0.228 e. The van der Waals surface area contributed by atoms with E-state index in [1.54, 1.807) is 17.8 Å². The van der Waals surface area contributed by atoms with Gasteiger partial charge in [0.15, 0.2) is 0 Å². The second kappa shape index (κ2) is 3.74. The van der Waals surface area contributed by atoms with E-state index in [-0.39, 0.29) is 5.16 Å². The number of sulfone groups is 1. The Hall–Kier alpha value is -2.02. The SMILES string of the molecule is Cc1cnc2c(ccc3c2nc(S(C)(=O)=O)n3C)n1. The van der Waals surface area contributed by atoms with Crippen LogP contribution in [-0.2, 0) is 16.9 Å². The Kier molecular flexibility index (Phi) is 2.37. The van der Waals surface area contributed by atoms with E-state index >= 15 is 0 Å². The van der Waals surface area contributed by atoms with Crippen LogP contribution in [0.3, 0.4) is 0 Å². The number of fused-ring (bicyclic) bond motifs is 3. The molecule has 0 N–H and O–H groups in total. The number of benzene rings is 1. The van der Waals surface area contributed by atoms with Crippen molar-refractivity contribution in [3.63, 3.8) is 0 Å². The second-order valence-electron chi connectivity index (χ2n) is 4.54. The van der Waals surface area contributed by atoms with Gasteiger partial charge in [-0.2, -0.15) is 0 Å². The van der Waals surface area contributed by atoms with Crippen molar-refractivity contribution in [2.75, 3.05) is 6.26 Å². The lowest BCUT2D eigenvalue weighted by Crippen LogP contribution is -2.05. The first-order valence-electron chi connectivity index (χ1n) is 5.67. The van der Waals surface area contributed by atoms with Crippen LogP contribution >= 0.6 is 0 Å². The third-order valence-electron chi connectivity index (χ3n) is 2.97. The molecular formula is C12H12N4O2S. The molecule has 0 unspecified atom stereocenters. The zero-order valence-corrected chi connectivity index (χ0v) is 11.6. The number of hydrogen-bond acceptors (Lipinski definition) is 5. The van der Waals surface area contributed by atoms with Gasteiger partial charge in [-0.3, -0.25) is 4.98 Å². The quantitative estimate of drug-likeness (QED) is 0.668. The summed E-state index contributed by atoms with van der Waals surface area (Å²) in [5, 5.41) is 0.0392. The summed E-state index contributed by atoms with van der Waals surface area (Å²) >= 11 is 0. The van der Waals surface area contributed by atoms with Gasteiger partial charge < -0.3 is 4.57 Å². The number of hydrogen-bond donors (Lipinski definition) is 0. The summed E-state index contributed by atoms with van der Waals surface area (Å²) in [6.45, 7) is 1.86. The molecule has 19 heavy (non-hydrogen) atoms. The molecule has 0 saturated heterocycles. The number of rotatable bonds is 1. The average molecular weight is 276 g/mol. The van der Waals surface area contributed by atoms with E-state index in [9.17, 15) is 8.42 Å². The van der Waals surface area contributed by atoms with Crippen LogP contribution in [-0.4, -0.2) is 34.2 Å². The Balaban J connectivity index is 2.50. The average Bonchev–Trinajstić information content (AvgIpc) is 2.66. The maximum atomic E-state index is 11.7. The molecule has 3 aromatic rings. The second-order valence-corrected chi connectivity index (χ2v) is 6.45. The van der Waals surface area contributed by atoms with Crippen LogP contribution < -0.4 is 0 Å². The highest BCUT2D eigenvalue weighted by molar-refractivity contribution is 7.90. The van der Waals surface area contributed by atoms with Crippen LogP contribution in [0, 0.1) is 6.92 Å². The van der Waals surface area contributed by atoms with Gasteiger partial charge in [0.2, 0.25) is 15.0 Å². The Morgan fingerprint density at radius 2 is 1.89 bits per heavy atom. The molecule has 1 aromatic carbocycles. The standard InChI is InChI=1S/C12H12N4O2S/c1-7-6-13-10-8(14-7)4-5-9-11(10)15-12(16(9)2)19(3,17)18/h4-6H,1-3H3. The fraction of sp³-hybridized carbons (Fsp3) is 0.250. The Morgan fingerprint density at radius 1 is 1.16 bits per heavy atom. The van der Waals surface area contributed by atoms with Gasteiger partial charge in [-0.25, -0.2) is 18.4 Å². The van der Waals surface area contributed by atoms with Gasteiger partial charge in [0.25, 0.3) is 0 Å². The van der Waals surface area contributed by atoms with Crippen molar-refractivity contribution in [3.05, 3.63) is 24.0 Å². The van der Waals surface area contributed by atoms with E-state index < -0.39 is 9.84 Å². The summed E-state index contributed by atoms with van der Waals surface area (Å²) < 4.78 is 24.9. The Labute approximate surface area is 110 Å². The third-order valence-corrected chi connectivity index (χ3v) is 4.00. The van der Waals surface area contributed by atoms with E-state index in [1.165, 1.54) is 0 Å². The van der Waals surface area contributed by atoms with Gasteiger partial charge in [-0.15, -0.1) is 0 Å². The van der Waals surface area contributed by atoms with Gasteiger partial charge in [0.05, 0.1) is 16.7 Å². The summed E-state index contributed by atoms with van der Waals surface area (Å²) in [7, 11) is -1.69. The third kappa shape index (κ3) is 1.77. The fourth-order valence-electron chi connectivity index (χ4n) is 2.14. The van der Waals surface area contributed by atoms with E-state index in [0.29, 0.717) is 16.6 Å². The lowest BCUT2D eigenvalue weighted by Gasteiger charge is -2.00. The molecule has 0 aliphatic carbocycles. The lowest BCUT2D eigenvalue weighted by molar-refractivity contribution is 0.587. The van der Waals surface area contributed by atoms with Crippen LogP contribution in [0.25, 0.3) is 22.1 Å². The molecule has 6 nitrogen and oxygen atoms in total. The molecule has 2 aromatic heterocycles. The topological polar surface area (TPSA) is 77.7 Å². The molecular weight excluding hydrogens is 264 g/mol. The minimum absolute atomic E-state index is 0.0392. The van der Waals surface area contributed by atoms with Crippen molar-refractivity contribution in [2.24, 2.45) is 7.05 Å². The van der Waals surface area contributed by atoms with Crippen LogP contribution in [0.5, 0.6) is 0 Å². The summed E-state index contributed by atoms with van der Waals surface area (Å²) in [6.07, 6.45) is 2.79. The molecule has 3 rings (SSSR count). The molecule has 2 heterocycles.